The first-order chi connectivity index (χ1) is 7.16. The van der Waals surface area contributed by atoms with E-state index >= 15 is 0 Å². The van der Waals surface area contributed by atoms with Crippen LogP contribution in [0, 0.1) is 12.8 Å². The highest BCUT2D eigenvalue weighted by Crippen LogP contribution is 2.21. The molecule has 0 aromatic carbocycles. The Morgan fingerprint density at radius 1 is 1.53 bits per heavy atom. The normalized spacial score (nSPS) is 26.7. The number of rotatable bonds is 1. The summed E-state index contributed by atoms with van der Waals surface area (Å²) < 4.78 is 0. The number of anilines is 1. The maximum absolute atomic E-state index is 9.79. The van der Waals surface area contributed by atoms with Gasteiger partial charge in [0.15, 0.2) is 0 Å². The van der Waals surface area contributed by atoms with E-state index in [1.165, 1.54) is 0 Å². The summed E-state index contributed by atoms with van der Waals surface area (Å²) in [5.74, 6) is 2.10. The van der Waals surface area contributed by atoms with Crippen molar-refractivity contribution in [2.24, 2.45) is 5.92 Å². The van der Waals surface area contributed by atoms with E-state index in [4.69, 9.17) is 0 Å². The van der Waals surface area contributed by atoms with Crippen LogP contribution >= 0.6 is 0 Å². The van der Waals surface area contributed by atoms with Crippen molar-refractivity contribution >= 4 is 5.82 Å². The molecular weight excluding hydrogens is 190 g/mol. The number of aryl methyl sites for hydroxylation is 1. The average molecular weight is 207 g/mol. The third-order valence-corrected chi connectivity index (χ3v) is 3.00. The Morgan fingerprint density at radius 2 is 2.33 bits per heavy atom. The van der Waals surface area contributed by atoms with E-state index in [9.17, 15) is 5.11 Å². The molecule has 1 aromatic heterocycles. The van der Waals surface area contributed by atoms with Crippen molar-refractivity contribution in [2.75, 3.05) is 18.0 Å². The number of aromatic nitrogens is 2. The van der Waals surface area contributed by atoms with Crippen LogP contribution in [-0.4, -0.2) is 34.3 Å². The van der Waals surface area contributed by atoms with E-state index in [0.717, 1.165) is 24.6 Å². The molecule has 0 saturated carbocycles. The van der Waals surface area contributed by atoms with Crippen LogP contribution in [0.3, 0.4) is 0 Å². The molecule has 15 heavy (non-hydrogen) atoms. The van der Waals surface area contributed by atoms with Crippen LogP contribution in [0.25, 0.3) is 0 Å². The van der Waals surface area contributed by atoms with Crippen LogP contribution in [0.2, 0.25) is 0 Å². The minimum Gasteiger partial charge on any atom is -0.391 e. The van der Waals surface area contributed by atoms with E-state index in [-0.39, 0.29) is 6.10 Å². The molecule has 1 aromatic rings. The van der Waals surface area contributed by atoms with Crippen LogP contribution in [0.15, 0.2) is 12.3 Å². The lowest BCUT2D eigenvalue weighted by Gasteiger charge is -2.35. The summed E-state index contributed by atoms with van der Waals surface area (Å²) >= 11 is 0. The first kappa shape index (κ1) is 10.4. The molecule has 1 aliphatic rings. The predicted octanol–water partition coefficient (Wildman–Crippen LogP) is 0.992. The van der Waals surface area contributed by atoms with E-state index < -0.39 is 0 Å². The van der Waals surface area contributed by atoms with Crippen LogP contribution in [0.1, 0.15) is 19.2 Å². The minimum absolute atomic E-state index is 0.242. The van der Waals surface area contributed by atoms with E-state index in [1.807, 2.05) is 13.0 Å². The SMILES string of the molecule is Cc1nccc(N2CCC(C)C(O)C2)n1. The van der Waals surface area contributed by atoms with Gasteiger partial charge in [-0.15, -0.1) is 0 Å². The van der Waals surface area contributed by atoms with Gasteiger partial charge in [0.2, 0.25) is 0 Å². The molecule has 2 heterocycles. The van der Waals surface area contributed by atoms with Crippen molar-refractivity contribution < 1.29 is 5.11 Å². The number of piperidine rings is 1. The number of β-amino-alcohol motifs (C(OH)–C–C–N with tert-alkyl or cyclic N) is 1. The lowest BCUT2D eigenvalue weighted by Crippen LogP contribution is -2.43. The van der Waals surface area contributed by atoms with E-state index in [1.54, 1.807) is 6.20 Å². The topological polar surface area (TPSA) is 49.2 Å². The zero-order chi connectivity index (χ0) is 10.8. The fourth-order valence-electron chi connectivity index (χ4n) is 1.88. The first-order valence-corrected chi connectivity index (χ1v) is 5.39. The first-order valence-electron chi connectivity index (χ1n) is 5.39. The van der Waals surface area contributed by atoms with Gasteiger partial charge in [-0.3, -0.25) is 0 Å². The molecule has 0 bridgehead atoms. The Labute approximate surface area is 90.0 Å². The number of aliphatic hydroxyl groups excluding tert-OH is 1. The summed E-state index contributed by atoms with van der Waals surface area (Å²) in [5, 5.41) is 9.79. The number of aliphatic hydroxyl groups is 1. The van der Waals surface area contributed by atoms with Gasteiger partial charge in [-0.2, -0.15) is 0 Å². The third kappa shape index (κ3) is 2.26. The molecule has 2 atom stereocenters. The van der Waals surface area contributed by atoms with Crippen LogP contribution in [-0.2, 0) is 0 Å². The van der Waals surface area contributed by atoms with Crippen LogP contribution in [0.5, 0.6) is 0 Å². The van der Waals surface area contributed by atoms with Crippen molar-refractivity contribution in [1.82, 2.24) is 9.97 Å². The standard InChI is InChI=1S/C11H17N3O/c1-8-4-6-14(7-10(8)15)11-3-5-12-9(2)13-11/h3,5,8,10,15H,4,6-7H2,1-2H3. The molecule has 1 N–H and O–H groups in total. The fraction of sp³-hybridized carbons (Fsp3) is 0.636. The van der Waals surface area contributed by atoms with Crippen molar-refractivity contribution in [2.45, 2.75) is 26.4 Å². The third-order valence-electron chi connectivity index (χ3n) is 3.00. The lowest BCUT2D eigenvalue weighted by atomic mass is 9.96. The smallest absolute Gasteiger partial charge is 0.132 e. The molecule has 2 unspecified atom stereocenters. The number of hydrogen-bond acceptors (Lipinski definition) is 4. The molecule has 0 aliphatic carbocycles. The highest BCUT2D eigenvalue weighted by molar-refractivity contribution is 5.38. The van der Waals surface area contributed by atoms with Crippen molar-refractivity contribution in [3.05, 3.63) is 18.1 Å². The molecule has 4 nitrogen and oxygen atoms in total. The number of nitrogens with zero attached hydrogens (tertiary/aromatic N) is 3. The van der Waals surface area contributed by atoms with Gasteiger partial charge in [-0.25, -0.2) is 9.97 Å². The predicted molar refractivity (Wildman–Crippen MR) is 58.8 cm³/mol. The highest BCUT2D eigenvalue weighted by Gasteiger charge is 2.24. The maximum atomic E-state index is 9.79. The zero-order valence-electron chi connectivity index (χ0n) is 9.22. The average Bonchev–Trinajstić information content (AvgIpc) is 2.22. The number of hydrogen-bond donors (Lipinski definition) is 1. The molecule has 82 valence electrons. The van der Waals surface area contributed by atoms with Crippen molar-refractivity contribution in [3.63, 3.8) is 0 Å². The second kappa shape index (κ2) is 4.14. The van der Waals surface area contributed by atoms with Crippen LogP contribution in [0.4, 0.5) is 5.82 Å². The Kier molecular flexibility index (Phi) is 2.86. The highest BCUT2D eigenvalue weighted by atomic mass is 16.3. The Balaban J connectivity index is 2.12. The zero-order valence-corrected chi connectivity index (χ0v) is 9.22. The van der Waals surface area contributed by atoms with Gasteiger partial charge >= 0.3 is 0 Å². The quantitative estimate of drug-likeness (QED) is 0.746. The van der Waals surface area contributed by atoms with Gasteiger partial charge in [0.25, 0.3) is 0 Å². The minimum atomic E-state index is -0.242. The Bertz CT molecular complexity index is 342. The molecule has 1 saturated heterocycles. The summed E-state index contributed by atoms with van der Waals surface area (Å²) in [5.41, 5.74) is 0. The second-order valence-corrected chi connectivity index (χ2v) is 4.24. The molecular formula is C11H17N3O. The molecule has 1 aliphatic heterocycles. The van der Waals surface area contributed by atoms with Gasteiger partial charge in [0.05, 0.1) is 6.10 Å². The molecule has 0 amide bonds. The maximum Gasteiger partial charge on any atom is 0.132 e. The van der Waals surface area contributed by atoms with Gasteiger partial charge in [-0.05, 0) is 25.3 Å². The van der Waals surface area contributed by atoms with E-state index in [2.05, 4.69) is 21.8 Å². The largest absolute Gasteiger partial charge is 0.391 e. The summed E-state index contributed by atoms with van der Waals surface area (Å²) in [7, 11) is 0. The van der Waals surface area contributed by atoms with E-state index in [0.29, 0.717) is 12.5 Å². The summed E-state index contributed by atoms with van der Waals surface area (Å²) in [6.45, 7) is 5.62. The Morgan fingerprint density at radius 3 is 3.00 bits per heavy atom. The molecule has 0 spiro atoms. The summed E-state index contributed by atoms with van der Waals surface area (Å²) in [4.78, 5) is 10.6. The molecule has 2 rings (SSSR count). The van der Waals surface area contributed by atoms with Gasteiger partial charge in [0, 0.05) is 19.3 Å². The molecule has 4 heteroatoms. The summed E-state index contributed by atoms with van der Waals surface area (Å²) in [6.07, 6.45) is 2.54. The second-order valence-electron chi connectivity index (χ2n) is 4.24. The monoisotopic (exact) mass is 207 g/mol. The fourth-order valence-corrected chi connectivity index (χ4v) is 1.88. The van der Waals surface area contributed by atoms with Gasteiger partial charge in [-0.1, -0.05) is 6.92 Å². The van der Waals surface area contributed by atoms with Gasteiger partial charge < -0.3 is 10.0 Å². The molecule has 0 radical (unpaired) electrons. The summed E-state index contributed by atoms with van der Waals surface area (Å²) in [6, 6.07) is 1.90. The Hall–Kier alpha value is -1.16. The van der Waals surface area contributed by atoms with Crippen molar-refractivity contribution in [3.8, 4) is 0 Å². The van der Waals surface area contributed by atoms with Crippen molar-refractivity contribution in [1.29, 1.82) is 0 Å². The van der Waals surface area contributed by atoms with Crippen LogP contribution < -0.4 is 4.90 Å². The molecule has 1 fully saturated rings. The van der Waals surface area contributed by atoms with Gasteiger partial charge in [0.1, 0.15) is 11.6 Å². The lowest BCUT2D eigenvalue weighted by molar-refractivity contribution is 0.102.